The molecule has 4 heteroatoms. The van der Waals surface area contributed by atoms with Gasteiger partial charge in [0.05, 0.1) is 6.61 Å². The maximum Gasteiger partial charge on any atom is 0.223 e. The van der Waals surface area contributed by atoms with Crippen LogP contribution in [0.2, 0.25) is 0 Å². The molecule has 1 amide bonds. The van der Waals surface area contributed by atoms with E-state index in [0.29, 0.717) is 25.6 Å². The van der Waals surface area contributed by atoms with Crippen molar-refractivity contribution in [2.45, 2.75) is 45.1 Å². The fourth-order valence-electron chi connectivity index (χ4n) is 2.59. The number of ether oxygens (including phenoxy) is 1. The molecule has 1 aliphatic rings. The number of rotatable bonds is 7. The number of aliphatic hydroxyl groups excluding tert-OH is 1. The molecule has 0 aromatic heterocycles. The molecular formula is C13H25NO3. The van der Waals surface area contributed by atoms with E-state index in [2.05, 4.69) is 0 Å². The molecule has 1 atom stereocenters. The predicted molar refractivity (Wildman–Crippen MR) is 66.7 cm³/mol. The van der Waals surface area contributed by atoms with Gasteiger partial charge in [-0.1, -0.05) is 19.8 Å². The number of aliphatic hydroxyl groups is 1. The molecule has 0 aliphatic heterocycles. The van der Waals surface area contributed by atoms with Crippen LogP contribution in [-0.2, 0) is 9.53 Å². The van der Waals surface area contributed by atoms with E-state index in [-0.39, 0.29) is 18.4 Å². The second-order valence-electron chi connectivity index (χ2n) is 5.01. The summed E-state index contributed by atoms with van der Waals surface area (Å²) in [4.78, 5) is 14.0. The first kappa shape index (κ1) is 14.5. The van der Waals surface area contributed by atoms with Crippen molar-refractivity contribution >= 4 is 5.91 Å². The van der Waals surface area contributed by atoms with Crippen molar-refractivity contribution in [1.82, 2.24) is 4.90 Å². The summed E-state index contributed by atoms with van der Waals surface area (Å²) in [5.41, 5.74) is 0. The first-order chi connectivity index (χ1) is 8.19. The zero-order chi connectivity index (χ0) is 12.7. The van der Waals surface area contributed by atoms with Crippen molar-refractivity contribution < 1.29 is 14.6 Å². The normalized spacial score (nSPS) is 18.3. The Balaban J connectivity index is 2.47. The van der Waals surface area contributed by atoms with E-state index in [0.717, 1.165) is 12.8 Å². The van der Waals surface area contributed by atoms with Gasteiger partial charge in [0.1, 0.15) is 0 Å². The van der Waals surface area contributed by atoms with Gasteiger partial charge in [0, 0.05) is 32.7 Å². The number of carbonyl (C=O) groups excluding carboxylic acids is 1. The Bertz CT molecular complexity index is 227. The molecular weight excluding hydrogens is 218 g/mol. The number of hydrogen-bond donors (Lipinski definition) is 1. The summed E-state index contributed by atoms with van der Waals surface area (Å²) in [5.74, 6) is 0.408. The summed E-state index contributed by atoms with van der Waals surface area (Å²) >= 11 is 0. The lowest BCUT2D eigenvalue weighted by atomic mass is 10.1. The van der Waals surface area contributed by atoms with Gasteiger partial charge in [-0.15, -0.1) is 0 Å². The van der Waals surface area contributed by atoms with Crippen LogP contribution in [-0.4, -0.2) is 48.8 Å². The van der Waals surface area contributed by atoms with Gasteiger partial charge in [-0.05, 0) is 18.8 Å². The molecule has 1 fully saturated rings. The van der Waals surface area contributed by atoms with Gasteiger partial charge in [0.25, 0.3) is 0 Å². The minimum Gasteiger partial charge on any atom is -0.395 e. The Hall–Kier alpha value is -0.610. The zero-order valence-electron chi connectivity index (χ0n) is 11.0. The molecule has 1 rings (SSSR count). The quantitative estimate of drug-likeness (QED) is 0.736. The molecule has 100 valence electrons. The van der Waals surface area contributed by atoms with Crippen LogP contribution in [0.25, 0.3) is 0 Å². The van der Waals surface area contributed by atoms with Crippen molar-refractivity contribution in [3.05, 3.63) is 0 Å². The van der Waals surface area contributed by atoms with Gasteiger partial charge in [-0.2, -0.15) is 0 Å². The van der Waals surface area contributed by atoms with Crippen LogP contribution in [0.15, 0.2) is 0 Å². The highest BCUT2D eigenvalue weighted by atomic mass is 16.5. The number of amides is 1. The lowest BCUT2D eigenvalue weighted by molar-refractivity contribution is -0.135. The van der Waals surface area contributed by atoms with Crippen molar-refractivity contribution in [2.75, 3.05) is 26.9 Å². The number of hydrogen-bond acceptors (Lipinski definition) is 3. The summed E-state index contributed by atoms with van der Waals surface area (Å²) < 4.78 is 5.05. The van der Waals surface area contributed by atoms with Crippen LogP contribution in [0.5, 0.6) is 0 Å². The molecule has 1 saturated carbocycles. The van der Waals surface area contributed by atoms with E-state index >= 15 is 0 Å². The molecule has 1 unspecified atom stereocenters. The summed E-state index contributed by atoms with van der Waals surface area (Å²) in [6, 6.07) is 0.351. The van der Waals surface area contributed by atoms with E-state index in [1.807, 2.05) is 11.8 Å². The van der Waals surface area contributed by atoms with Crippen molar-refractivity contribution in [3.63, 3.8) is 0 Å². The average molecular weight is 243 g/mol. The van der Waals surface area contributed by atoms with Gasteiger partial charge in [0.2, 0.25) is 5.91 Å². The fraction of sp³-hybridized carbons (Fsp3) is 0.923. The Morgan fingerprint density at radius 1 is 1.47 bits per heavy atom. The monoisotopic (exact) mass is 243 g/mol. The van der Waals surface area contributed by atoms with Crippen LogP contribution in [0.1, 0.15) is 39.0 Å². The topological polar surface area (TPSA) is 49.8 Å². The van der Waals surface area contributed by atoms with Crippen molar-refractivity contribution in [2.24, 2.45) is 5.92 Å². The molecule has 0 heterocycles. The molecule has 0 saturated heterocycles. The number of nitrogens with zero attached hydrogens (tertiary/aromatic N) is 1. The third-order valence-electron chi connectivity index (χ3n) is 3.40. The van der Waals surface area contributed by atoms with Gasteiger partial charge in [-0.3, -0.25) is 4.79 Å². The molecule has 1 aliphatic carbocycles. The summed E-state index contributed by atoms with van der Waals surface area (Å²) in [5, 5.41) is 9.06. The minimum absolute atomic E-state index is 0.0564. The van der Waals surface area contributed by atoms with Gasteiger partial charge >= 0.3 is 0 Å². The van der Waals surface area contributed by atoms with Gasteiger partial charge < -0.3 is 14.7 Å². The molecule has 0 aromatic rings. The summed E-state index contributed by atoms with van der Waals surface area (Å²) in [6.45, 7) is 3.17. The van der Waals surface area contributed by atoms with E-state index in [4.69, 9.17) is 9.84 Å². The molecule has 4 nitrogen and oxygen atoms in total. The first-order valence-electron chi connectivity index (χ1n) is 6.58. The fourth-order valence-corrected chi connectivity index (χ4v) is 2.59. The van der Waals surface area contributed by atoms with Crippen LogP contribution >= 0.6 is 0 Å². The largest absolute Gasteiger partial charge is 0.395 e. The second kappa shape index (κ2) is 7.67. The highest BCUT2D eigenvalue weighted by Crippen LogP contribution is 2.24. The SMILES string of the molecule is COCC(C)CC(=O)N(CCO)C1CCCC1. The Labute approximate surface area is 104 Å². The van der Waals surface area contributed by atoms with Crippen LogP contribution in [0, 0.1) is 5.92 Å². The van der Waals surface area contributed by atoms with E-state index in [9.17, 15) is 4.79 Å². The van der Waals surface area contributed by atoms with Crippen molar-refractivity contribution in [3.8, 4) is 0 Å². The predicted octanol–water partition coefficient (Wildman–Crippen LogP) is 1.42. The lowest BCUT2D eigenvalue weighted by Gasteiger charge is -2.29. The third-order valence-corrected chi connectivity index (χ3v) is 3.40. The second-order valence-corrected chi connectivity index (χ2v) is 5.01. The van der Waals surface area contributed by atoms with E-state index < -0.39 is 0 Å². The van der Waals surface area contributed by atoms with Crippen LogP contribution in [0.4, 0.5) is 0 Å². The number of methoxy groups -OCH3 is 1. The molecule has 0 spiro atoms. The lowest BCUT2D eigenvalue weighted by Crippen LogP contribution is -2.41. The maximum atomic E-state index is 12.2. The Kier molecular flexibility index (Phi) is 6.52. The molecule has 1 N–H and O–H groups in total. The number of carbonyl (C=O) groups is 1. The minimum atomic E-state index is 0.0564. The highest BCUT2D eigenvalue weighted by Gasteiger charge is 2.26. The molecule has 0 bridgehead atoms. The first-order valence-corrected chi connectivity index (χ1v) is 6.58. The summed E-state index contributed by atoms with van der Waals surface area (Å²) in [6.07, 6.45) is 5.10. The van der Waals surface area contributed by atoms with Crippen LogP contribution < -0.4 is 0 Å². The highest BCUT2D eigenvalue weighted by molar-refractivity contribution is 5.76. The van der Waals surface area contributed by atoms with Gasteiger partial charge in [0.15, 0.2) is 0 Å². The molecule has 17 heavy (non-hydrogen) atoms. The molecule has 0 aromatic carbocycles. The van der Waals surface area contributed by atoms with Gasteiger partial charge in [-0.25, -0.2) is 0 Å². The van der Waals surface area contributed by atoms with E-state index in [1.165, 1.54) is 12.8 Å². The molecule has 0 radical (unpaired) electrons. The Morgan fingerprint density at radius 2 is 2.12 bits per heavy atom. The summed E-state index contributed by atoms with van der Waals surface area (Å²) in [7, 11) is 1.66. The third kappa shape index (κ3) is 4.64. The standard InChI is InChI=1S/C13H25NO3/c1-11(10-17-2)9-13(16)14(7-8-15)12-5-3-4-6-12/h11-12,15H,3-10H2,1-2H3. The average Bonchev–Trinajstić information content (AvgIpc) is 2.79. The maximum absolute atomic E-state index is 12.2. The zero-order valence-corrected chi connectivity index (χ0v) is 11.0. The van der Waals surface area contributed by atoms with Crippen LogP contribution in [0.3, 0.4) is 0 Å². The smallest absolute Gasteiger partial charge is 0.223 e. The van der Waals surface area contributed by atoms with Crippen molar-refractivity contribution in [1.29, 1.82) is 0 Å². The van der Waals surface area contributed by atoms with E-state index in [1.54, 1.807) is 7.11 Å². The Morgan fingerprint density at radius 3 is 2.65 bits per heavy atom.